The van der Waals surface area contributed by atoms with Gasteiger partial charge < -0.3 is 14.7 Å². The van der Waals surface area contributed by atoms with Crippen molar-refractivity contribution in [2.75, 3.05) is 24.6 Å². The molecule has 0 atom stereocenters. The fourth-order valence-corrected chi connectivity index (χ4v) is 2.54. The van der Waals surface area contributed by atoms with E-state index < -0.39 is 4.92 Å². The largest absolute Gasteiger partial charge is 0.508 e. The van der Waals surface area contributed by atoms with Crippen LogP contribution in [0.4, 0.5) is 11.4 Å². The number of piperidine rings is 1. The Morgan fingerprint density at radius 3 is 2.71 bits per heavy atom. The first-order chi connectivity index (χ1) is 10.0. The van der Waals surface area contributed by atoms with E-state index in [1.807, 2.05) is 4.90 Å². The zero-order chi connectivity index (χ0) is 15.4. The van der Waals surface area contributed by atoms with E-state index in [-0.39, 0.29) is 23.3 Å². The van der Waals surface area contributed by atoms with E-state index in [2.05, 4.69) is 0 Å². The molecule has 1 aliphatic rings. The van der Waals surface area contributed by atoms with Gasteiger partial charge in [-0.15, -0.1) is 0 Å². The SMILES string of the molecule is CCOC(=O)C1CCN(c2ccc(O)cc2[N+](=O)[O-])CC1. The molecule has 21 heavy (non-hydrogen) atoms. The first-order valence-corrected chi connectivity index (χ1v) is 6.92. The Labute approximate surface area is 122 Å². The fraction of sp³-hybridized carbons (Fsp3) is 0.500. The Kier molecular flexibility index (Phi) is 4.62. The number of hydrogen-bond donors (Lipinski definition) is 1. The number of phenolic OH excluding ortho intramolecular Hbond substituents is 1. The second-order valence-corrected chi connectivity index (χ2v) is 4.94. The Morgan fingerprint density at radius 1 is 1.48 bits per heavy atom. The molecule has 7 heteroatoms. The van der Waals surface area contributed by atoms with Crippen LogP contribution in [0.25, 0.3) is 0 Å². The predicted octanol–water partition coefficient (Wildman–Crippen LogP) is 2.08. The maximum atomic E-state index is 11.7. The highest BCUT2D eigenvalue weighted by molar-refractivity contribution is 5.73. The van der Waals surface area contributed by atoms with Crippen molar-refractivity contribution in [2.45, 2.75) is 19.8 Å². The number of anilines is 1. The number of benzene rings is 1. The molecule has 114 valence electrons. The van der Waals surface area contributed by atoms with Gasteiger partial charge in [-0.05, 0) is 31.9 Å². The molecule has 0 unspecified atom stereocenters. The van der Waals surface area contributed by atoms with Crippen molar-refractivity contribution in [3.05, 3.63) is 28.3 Å². The van der Waals surface area contributed by atoms with Crippen molar-refractivity contribution in [3.8, 4) is 5.75 Å². The maximum absolute atomic E-state index is 11.7. The molecule has 1 aliphatic heterocycles. The van der Waals surface area contributed by atoms with Gasteiger partial charge in [0.1, 0.15) is 11.4 Å². The molecular formula is C14H18N2O5. The van der Waals surface area contributed by atoms with Gasteiger partial charge in [-0.1, -0.05) is 0 Å². The van der Waals surface area contributed by atoms with Crippen molar-refractivity contribution in [1.29, 1.82) is 0 Å². The van der Waals surface area contributed by atoms with Gasteiger partial charge in [-0.25, -0.2) is 0 Å². The Balaban J connectivity index is 2.09. The summed E-state index contributed by atoms with van der Waals surface area (Å²) < 4.78 is 5.00. The number of aromatic hydroxyl groups is 1. The monoisotopic (exact) mass is 294 g/mol. The van der Waals surface area contributed by atoms with Gasteiger partial charge in [0.2, 0.25) is 0 Å². The van der Waals surface area contributed by atoms with Crippen LogP contribution in [0.15, 0.2) is 18.2 Å². The van der Waals surface area contributed by atoms with Gasteiger partial charge in [0, 0.05) is 13.1 Å². The van der Waals surface area contributed by atoms with Crippen LogP contribution < -0.4 is 4.90 Å². The van der Waals surface area contributed by atoms with Gasteiger partial charge in [0.25, 0.3) is 5.69 Å². The second-order valence-electron chi connectivity index (χ2n) is 4.94. The van der Waals surface area contributed by atoms with E-state index in [1.165, 1.54) is 12.1 Å². The molecule has 1 saturated heterocycles. The van der Waals surface area contributed by atoms with Gasteiger partial charge in [0.05, 0.1) is 23.5 Å². The molecule has 1 heterocycles. The lowest BCUT2D eigenvalue weighted by molar-refractivity contribution is -0.384. The summed E-state index contributed by atoms with van der Waals surface area (Å²) in [5.74, 6) is -0.471. The average molecular weight is 294 g/mol. The van der Waals surface area contributed by atoms with Crippen molar-refractivity contribution in [1.82, 2.24) is 0 Å². The summed E-state index contributed by atoms with van der Waals surface area (Å²) in [7, 11) is 0. The van der Waals surface area contributed by atoms with E-state index in [1.54, 1.807) is 6.92 Å². The number of nitrogens with zero attached hydrogens (tertiary/aromatic N) is 2. The summed E-state index contributed by atoms with van der Waals surface area (Å²) in [6.45, 7) is 3.24. The molecule has 0 amide bonds. The van der Waals surface area contributed by atoms with E-state index in [0.717, 1.165) is 6.07 Å². The highest BCUT2D eigenvalue weighted by Crippen LogP contribution is 2.34. The number of phenols is 1. The number of hydrogen-bond acceptors (Lipinski definition) is 6. The lowest BCUT2D eigenvalue weighted by atomic mass is 9.96. The van der Waals surface area contributed by atoms with Crippen LogP contribution in [0.5, 0.6) is 5.75 Å². The second kappa shape index (κ2) is 6.43. The molecule has 0 radical (unpaired) electrons. The lowest BCUT2D eigenvalue weighted by Crippen LogP contribution is -2.37. The predicted molar refractivity (Wildman–Crippen MR) is 76.3 cm³/mol. The smallest absolute Gasteiger partial charge is 0.309 e. The van der Waals surface area contributed by atoms with Crippen LogP contribution in [-0.2, 0) is 9.53 Å². The number of ether oxygens (including phenoxy) is 1. The van der Waals surface area contributed by atoms with Gasteiger partial charge in [0.15, 0.2) is 0 Å². The molecule has 7 nitrogen and oxygen atoms in total. The quantitative estimate of drug-likeness (QED) is 0.519. The first kappa shape index (κ1) is 15.1. The Bertz CT molecular complexity index is 538. The maximum Gasteiger partial charge on any atom is 0.309 e. The number of nitro benzene ring substituents is 1. The minimum absolute atomic E-state index is 0.121. The third-order valence-corrected chi connectivity index (χ3v) is 3.61. The van der Waals surface area contributed by atoms with Crippen molar-refractivity contribution in [3.63, 3.8) is 0 Å². The molecule has 1 fully saturated rings. The molecule has 0 aliphatic carbocycles. The zero-order valence-corrected chi connectivity index (χ0v) is 11.8. The van der Waals surface area contributed by atoms with Crippen LogP contribution in [0.1, 0.15) is 19.8 Å². The average Bonchev–Trinajstić information content (AvgIpc) is 2.47. The summed E-state index contributed by atoms with van der Waals surface area (Å²) in [5, 5.41) is 20.4. The molecule has 0 saturated carbocycles. The van der Waals surface area contributed by atoms with Crippen LogP contribution >= 0.6 is 0 Å². The molecule has 0 spiro atoms. The highest BCUT2D eigenvalue weighted by atomic mass is 16.6. The topological polar surface area (TPSA) is 92.9 Å². The number of nitro groups is 1. The van der Waals surface area contributed by atoms with Crippen LogP contribution in [-0.4, -0.2) is 35.7 Å². The summed E-state index contributed by atoms with van der Waals surface area (Å²) in [5.41, 5.74) is 0.352. The number of carbonyl (C=O) groups excluding carboxylic acids is 1. The molecular weight excluding hydrogens is 276 g/mol. The van der Waals surface area contributed by atoms with Gasteiger partial charge >= 0.3 is 5.97 Å². The van der Waals surface area contributed by atoms with Crippen LogP contribution in [0, 0.1) is 16.0 Å². The number of esters is 1. The molecule has 1 aromatic rings. The van der Waals surface area contributed by atoms with E-state index in [0.29, 0.717) is 38.2 Å². The minimum Gasteiger partial charge on any atom is -0.508 e. The summed E-state index contributed by atoms with van der Waals surface area (Å²) in [6.07, 6.45) is 1.22. The normalized spacial score (nSPS) is 15.8. The molecule has 1 N–H and O–H groups in total. The lowest BCUT2D eigenvalue weighted by Gasteiger charge is -2.32. The van der Waals surface area contributed by atoms with E-state index in [9.17, 15) is 20.0 Å². The Hall–Kier alpha value is -2.31. The minimum atomic E-state index is -0.507. The molecule has 0 aromatic heterocycles. The first-order valence-electron chi connectivity index (χ1n) is 6.92. The third kappa shape index (κ3) is 3.42. The van der Waals surface area contributed by atoms with Gasteiger partial charge in [-0.3, -0.25) is 14.9 Å². The number of carbonyl (C=O) groups is 1. The van der Waals surface area contributed by atoms with Crippen molar-refractivity contribution in [2.24, 2.45) is 5.92 Å². The third-order valence-electron chi connectivity index (χ3n) is 3.61. The van der Waals surface area contributed by atoms with E-state index in [4.69, 9.17) is 4.74 Å². The summed E-state index contributed by atoms with van der Waals surface area (Å²) in [6, 6.07) is 4.12. The van der Waals surface area contributed by atoms with Crippen LogP contribution in [0.2, 0.25) is 0 Å². The fourth-order valence-electron chi connectivity index (χ4n) is 2.54. The van der Waals surface area contributed by atoms with Gasteiger partial charge in [-0.2, -0.15) is 0 Å². The number of rotatable bonds is 4. The van der Waals surface area contributed by atoms with E-state index >= 15 is 0 Å². The molecule has 1 aromatic carbocycles. The Morgan fingerprint density at radius 2 is 2.14 bits per heavy atom. The highest BCUT2D eigenvalue weighted by Gasteiger charge is 2.29. The van der Waals surface area contributed by atoms with Crippen LogP contribution in [0.3, 0.4) is 0 Å². The summed E-state index contributed by atoms with van der Waals surface area (Å²) in [4.78, 5) is 24.1. The van der Waals surface area contributed by atoms with Crippen molar-refractivity contribution < 1.29 is 19.6 Å². The summed E-state index contributed by atoms with van der Waals surface area (Å²) >= 11 is 0. The zero-order valence-electron chi connectivity index (χ0n) is 11.8. The molecule has 0 bridgehead atoms. The standard InChI is InChI=1S/C14H18N2O5/c1-2-21-14(18)10-5-7-15(8-6-10)12-4-3-11(17)9-13(12)16(19)20/h3-4,9-10,17H,2,5-8H2,1H3. The van der Waals surface area contributed by atoms with Crippen molar-refractivity contribution >= 4 is 17.3 Å². The molecule has 2 rings (SSSR count).